The van der Waals surface area contributed by atoms with E-state index in [4.69, 9.17) is 17.3 Å². The second kappa shape index (κ2) is 5.75. The number of aryl methyl sites for hydroxylation is 1. The Morgan fingerprint density at radius 1 is 1.08 bits per heavy atom. The largest absolute Gasteiger partial charge is 0.383 e. The molecule has 0 unspecified atom stereocenters. The van der Waals surface area contributed by atoms with Gasteiger partial charge in [0.2, 0.25) is 0 Å². The van der Waals surface area contributed by atoms with Gasteiger partial charge in [0.25, 0.3) is 5.56 Å². The lowest BCUT2D eigenvalue weighted by molar-refractivity contribution is 0.970. The third-order valence-corrected chi connectivity index (χ3v) is 4.26. The first kappa shape index (κ1) is 15.4. The molecule has 0 radical (unpaired) electrons. The zero-order valence-electron chi connectivity index (χ0n) is 13.3. The van der Waals surface area contributed by atoms with Gasteiger partial charge in [0.15, 0.2) is 5.65 Å². The van der Waals surface area contributed by atoms with Crippen molar-refractivity contribution in [3.8, 4) is 17.1 Å². The molecule has 0 amide bonds. The minimum absolute atomic E-state index is 0.200. The Labute approximate surface area is 147 Å². The molecule has 0 spiro atoms. The van der Waals surface area contributed by atoms with Crippen LogP contribution in [0.2, 0.25) is 5.02 Å². The topological polar surface area (TPSA) is 89.6 Å². The average molecular weight is 352 g/mol. The fourth-order valence-electron chi connectivity index (χ4n) is 2.72. The van der Waals surface area contributed by atoms with Gasteiger partial charge in [-0.25, -0.2) is 4.98 Å². The van der Waals surface area contributed by atoms with E-state index >= 15 is 0 Å². The predicted octanol–water partition coefficient (Wildman–Crippen LogP) is 3.32. The highest BCUT2D eigenvalue weighted by atomic mass is 35.5. The Bertz CT molecular complexity index is 1130. The molecule has 0 aliphatic heterocycles. The summed E-state index contributed by atoms with van der Waals surface area (Å²) in [5, 5.41) is 7.52. The van der Waals surface area contributed by atoms with E-state index in [1.807, 2.05) is 31.2 Å². The Morgan fingerprint density at radius 3 is 2.44 bits per heavy atom. The van der Waals surface area contributed by atoms with Gasteiger partial charge in [-0.1, -0.05) is 41.4 Å². The van der Waals surface area contributed by atoms with Crippen molar-refractivity contribution >= 4 is 28.5 Å². The van der Waals surface area contributed by atoms with Crippen LogP contribution in [0.4, 0.5) is 5.82 Å². The number of aromatic amines is 1. The maximum atomic E-state index is 13.1. The third kappa shape index (κ3) is 2.56. The standard InChI is InChI=1S/C18H14ClN5O/c1-10-2-4-11(5-3-10)17-21-16-14(15(20)22-23-16)18(25)24(17)13-8-6-12(19)7-9-13/h2-9H,1H3,(H3,20,22,23). The van der Waals surface area contributed by atoms with Crippen LogP contribution in [0.5, 0.6) is 0 Å². The number of nitrogens with two attached hydrogens (primary N) is 1. The summed E-state index contributed by atoms with van der Waals surface area (Å²) in [6.07, 6.45) is 0. The van der Waals surface area contributed by atoms with Crippen LogP contribution >= 0.6 is 11.6 Å². The van der Waals surface area contributed by atoms with Gasteiger partial charge in [0.05, 0.1) is 5.69 Å². The first-order chi connectivity index (χ1) is 12.0. The first-order valence-electron chi connectivity index (χ1n) is 7.64. The summed E-state index contributed by atoms with van der Waals surface area (Å²) in [6, 6.07) is 14.8. The van der Waals surface area contributed by atoms with Gasteiger partial charge in [-0.15, -0.1) is 0 Å². The van der Waals surface area contributed by atoms with Crippen molar-refractivity contribution in [3.05, 3.63) is 69.5 Å². The molecule has 124 valence electrons. The van der Waals surface area contributed by atoms with Crippen molar-refractivity contribution in [2.24, 2.45) is 0 Å². The number of H-pyrrole nitrogens is 1. The van der Waals surface area contributed by atoms with Crippen molar-refractivity contribution < 1.29 is 0 Å². The summed E-state index contributed by atoms with van der Waals surface area (Å²) >= 11 is 5.98. The Kier molecular flexibility index (Phi) is 3.54. The van der Waals surface area contributed by atoms with Crippen molar-refractivity contribution in [3.63, 3.8) is 0 Å². The maximum absolute atomic E-state index is 13.1. The van der Waals surface area contributed by atoms with Crippen LogP contribution in [-0.4, -0.2) is 19.7 Å². The molecule has 25 heavy (non-hydrogen) atoms. The molecular weight excluding hydrogens is 338 g/mol. The fraction of sp³-hybridized carbons (Fsp3) is 0.0556. The molecule has 4 rings (SSSR count). The minimum Gasteiger partial charge on any atom is -0.383 e. The molecule has 0 aliphatic rings. The summed E-state index contributed by atoms with van der Waals surface area (Å²) in [7, 11) is 0. The van der Waals surface area contributed by atoms with E-state index in [0.717, 1.165) is 11.1 Å². The molecule has 6 nitrogen and oxygen atoms in total. The van der Waals surface area contributed by atoms with Gasteiger partial charge in [0.1, 0.15) is 17.0 Å². The molecule has 7 heteroatoms. The van der Waals surface area contributed by atoms with Crippen LogP contribution in [0.25, 0.3) is 28.1 Å². The monoisotopic (exact) mass is 351 g/mol. The van der Waals surface area contributed by atoms with Crippen LogP contribution in [0, 0.1) is 6.92 Å². The molecule has 0 bridgehead atoms. The van der Waals surface area contributed by atoms with Crippen molar-refractivity contribution in [2.75, 3.05) is 5.73 Å². The molecule has 3 N–H and O–H groups in total. The minimum atomic E-state index is -0.283. The molecule has 2 aromatic heterocycles. The lowest BCUT2D eigenvalue weighted by atomic mass is 10.1. The molecular formula is C18H14ClN5O. The smallest absolute Gasteiger partial charge is 0.271 e. The van der Waals surface area contributed by atoms with Crippen LogP contribution in [0.15, 0.2) is 53.3 Å². The summed E-state index contributed by atoms with van der Waals surface area (Å²) < 4.78 is 1.52. The van der Waals surface area contributed by atoms with E-state index in [2.05, 4.69) is 15.2 Å². The zero-order chi connectivity index (χ0) is 17.6. The number of aromatic nitrogens is 4. The molecule has 0 fully saturated rings. The van der Waals surface area contributed by atoms with Gasteiger partial charge in [0, 0.05) is 10.6 Å². The van der Waals surface area contributed by atoms with E-state index in [-0.39, 0.29) is 16.8 Å². The molecule has 2 aromatic carbocycles. The Balaban J connectivity index is 2.09. The van der Waals surface area contributed by atoms with E-state index in [9.17, 15) is 4.79 Å². The molecule has 4 aromatic rings. The number of nitrogens with zero attached hydrogens (tertiary/aromatic N) is 3. The molecule has 0 aliphatic carbocycles. The normalized spacial score (nSPS) is 11.1. The van der Waals surface area contributed by atoms with E-state index < -0.39 is 0 Å². The molecule has 0 saturated heterocycles. The van der Waals surface area contributed by atoms with Crippen molar-refractivity contribution in [1.82, 2.24) is 19.7 Å². The maximum Gasteiger partial charge on any atom is 0.271 e. The van der Waals surface area contributed by atoms with Gasteiger partial charge in [-0.05, 0) is 31.2 Å². The highest BCUT2D eigenvalue weighted by Gasteiger charge is 2.18. The quantitative estimate of drug-likeness (QED) is 0.579. The summed E-state index contributed by atoms with van der Waals surface area (Å²) in [4.78, 5) is 17.7. The van der Waals surface area contributed by atoms with Gasteiger partial charge >= 0.3 is 0 Å². The number of hydrogen-bond donors (Lipinski definition) is 2. The second-order valence-electron chi connectivity index (χ2n) is 5.75. The van der Waals surface area contributed by atoms with Crippen LogP contribution in [0.1, 0.15) is 5.56 Å². The van der Waals surface area contributed by atoms with E-state index in [1.54, 1.807) is 24.3 Å². The lowest BCUT2D eigenvalue weighted by Crippen LogP contribution is -2.22. The van der Waals surface area contributed by atoms with Crippen LogP contribution < -0.4 is 11.3 Å². The third-order valence-electron chi connectivity index (χ3n) is 4.01. The van der Waals surface area contributed by atoms with Crippen molar-refractivity contribution in [1.29, 1.82) is 0 Å². The summed E-state index contributed by atoms with van der Waals surface area (Å²) in [5.74, 6) is 0.692. The number of nitrogen functional groups attached to an aromatic ring is 1. The number of benzene rings is 2. The van der Waals surface area contributed by atoms with E-state index in [0.29, 0.717) is 22.2 Å². The summed E-state index contributed by atoms with van der Waals surface area (Å²) in [5.41, 5.74) is 8.45. The van der Waals surface area contributed by atoms with Crippen molar-refractivity contribution in [2.45, 2.75) is 6.92 Å². The number of hydrogen-bond acceptors (Lipinski definition) is 4. The summed E-state index contributed by atoms with van der Waals surface area (Å²) in [6.45, 7) is 2.00. The van der Waals surface area contributed by atoms with E-state index in [1.165, 1.54) is 4.57 Å². The van der Waals surface area contributed by atoms with Gasteiger partial charge in [-0.2, -0.15) is 5.10 Å². The lowest BCUT2D eigenvalue weighted by Gasteiger charge is -2.13. The van der Waals surface area contributed by atoms with Crippen LogP contribution in [0.3, 0.4) is 0 Å². The van der Waals surface area contributed by atoms with Crippen LogP contribution in [-0.2, 0) is 0 Å². The fourth-order valence-corrected chi connectivity index (χ4v) is 2.85. The zero-order valence-corrected chi connectivity index (χ0v) is 14.1. The van der Waals surface area contributed by atoms with Gasteiger partial charge in [-0.3, -0.25) is 14.5 Å². The molecule has 0 saturated carbocycles. The highest BCUT2D eigenvalue weighted by Crippen LogP contribution is 2.24. The SMILES string of the molecule is Cc1ccc(-c2nc3n[nH]c(N)c3c(=O)n2-c2ccc(Cl)cc2)cc1. The average Bonchev–Trinajstić information content (AvgIpc) is 2.98. The Morgan fingerprint density at radius 2 is 1.76 bits per heavy atom. The predicted molar refractivity (Wildman–Crippen MR) is 99.1 cm³/mol. The molecule has 2 heterocycles. The molecule has 0 atom stereocenters. The second-order valence-corrected chi connectivity index (χ2v) is 6.19. The van der Waals surface area contributed by atoms with Gasteiger partial charge < -0.3 is 5.73 Å². The number of anilines is 1. The number of halogens is 1. The number of nitrogens with one attached hydrogen (secondary N) is 1. The highest BCUT2D eigenvalue weighted by molar-refractivity contribution is 6.30. The Hall–Kier alpha value is -3.12. The number of fused-ring (bicyclic) bond motifs is 1. The number of rotatable bonds is 2. The first-order valence-corrected chi connectivity index (χ1v) is 8.02.